The molecule has 2 aromatic rings. The highest BCUT2D eigenvalue weighted by molar-refractivity contribution is 6.31. The van der Waals surface area contributed by atoms with Gasteiger partial charge in [-0.2, -0.15) is 0 Å². The Bertz CT molecular complexity index is 1100. The molecular weight excluding hydrogens is 472 g/mol. The number of aliphatic hydroxyl groups excluding tert-OH is 2. The number of amides is 2. The van der Waals surface area contributed by atoms with Gasteiger partial charge in [-0.1, -0.05) is 35.3 Å². The maximum Gasteiger partial charge on any atom is 0.237 e. The molecule has 0 aromatic heterocycles. The summed E-state index contributed by atoms with van der Waals surface area (Å²) in [6.45, 7) is 1.69. The second kappa shape index (κ2) is 9.19. The Labute approximate surface area is 200 Å². The molecule has 33 heavy (non-hydrogen) atoms. The largest absolute Gasteiger partial charge is 0.391 e. The lowest BCUT2D eigenvalue weighted by Crippen LogP contribution is -2.46. The molecule has 0 radical (unpaired) electrons. The van der Waals surface area contributed by atoms with E-state index in [1.54, 1.807) is 24.3 Å². The van der Waals surface area contributed by atoms with E-state index in [9.17, 15) is 24.2 Å². The Balaban J connectivity index is 1.72. The van der Waals surface area contributed by atoms with Crippen molar-refractivity contribution in [3.8, 4) is 0 Å². The quantitative estimate of drug-likeness (QED) is 0.422. The fraction of sp³-hybridized carbons (Fsp3) is 0.391. The fourth-order valence-corrected chi connectivity index (χ4v) is 5.12. The summed E-state index contributed by atoms with van der Waals surface area (Å²) in [7, 11) is 0. The zero-order valence-corrected chi connectivity index (χ0v) is 19.3. The fourth-order valence-electron chi connectivity index (χ4n) is 4.76. The predicted octanol–water partition coefficient (Wildman–Crippen LogP) is 2.33. The molecule has 1 saturated heterocycles. The van der Waals surface area contributed by atoms with Gasteiger partial charge >= 0.3 is 0 Å². The van der Waals surface area contributed by atoms with Crippen LogP contribution < -0.4 is 16.0 Å². The lowest BCUT2D eigenvalue weighted by Gasteiger charge is -2.31. The molecule has 2 aliphatic heterocycles. The smallest absolute Gasteiger partial charge is 0.237 e. The second-order valence-corrected chi connectivity index (χ2v) is 9.36. The number of nitrogens with one attached hydrogen (secondary N) is 3. The first-order valence-electron chi connectivity index (χ1n) is 10.6. The number of anilines is 1. The van der Waals surface area contributed by atoms with Gasteiger partial charge in [0.25, 0.3) is 0 Å². The van der Waals surface area contributed by atoms with E-state index < -0.39 is 35.4 Å². The van der Waals surface area contributed by atoms with Crippen LogP contribution in [-0.4, -0.2) is 53.4 Å². The summed E-state index contributed by atoms with van der Waals surface area (Å²) in [5.74, 6) is -2.10. The number of rotatable bonds is 6. The van der Waals surface area contributed by atoms with Crippen LogP contribution in [0, 0.1) is 5.82 Å². The van der Waals surface area contributed by atoms with Crippen molar-refractivity contribution in [3.63, 3.8) is 0 Å². The minimum absolute atomic E-state index is 0.0957. The molecule has 0 aliphatic carbocycles. The van der Waals surface area contributed by atoms with Crippen LogP contribution in [0.5, 0.6) is 0 Å². The van der Waals surface area contributed by atoms with Crippen molar-refractivity contribution < 1.29 is 24.2 Å². The number of aliphatic hydroxyl groups is 2. The Kier molecular flexibility index (Phi) is 6.66. The van der Waals surface area contributed by atoms with Crippen LogP contribution in [0.2, 0.25) is 10.0 Å². The van der Waals surface area contributed by atoms with E-state index in [0.29, 0.717) is 21.8 Å². The van der Waals surface area contributed by atoms with Gasteiger partial charge < -0.3 is 26.2 Å². The zero-order chi connectivity index (χ0) is 23.9. The van der Waals surface area contributed by atoms with Crippen molar-refractivity contribution >= 4 is 40.7 Å². The van der Waals surface area contributed by atoms with E-state index in [1.165, 1.54) is 19.1 Å². The van der Waals surface area contributed by atoms with E-state index in [2.05, 4.69) is 16.0 Å². The Morgan fingerprint density at radius 3 is 2.76 bits per heavy atom. The van der Waals surface area contributed by atoms with Crippen molar-refractivity contribution in [1.82, 2.24) is 10.6 Å². The number of hydrogen-bond donors (Lipinski definition) is 5. The molecule has 7 nitrogen and oxygen atoms in total. The summed E-state index contributed by atoms with van der Waals surface area (Å²) < 4.78 is 14.5. The van der Waals surface area contributed by atoms with Crippen LogP contribution >= 0.6 is 23.2 Å². The summed E-state index contributed by atoms with van der Waals surface area (Å²) in [6.07, 6.45) is -1.73. The molecule has 3 unspecified atom stereocenters. The van der Waals surface area contributed by atoms with Crippen LogP contribution in [0.1, 0.15) is 30.4 Å². The average molecular weight is 496 g/mol. The topological polar surface area (TPSA) is 111 Å². The molecule has 5 N–H and O–H groups in total. The molecule has 0 bridgehead atoms. The van der Waals surface area contributed by atoms with Gasteiger partial charge in [-0.3, -0.25) is 9.59 Å². The van der Waals surface area contributed by atoms with E-state index in [0.717, 1.165) is 0 Å². The molecule has 5 atom stereocenters. The third-order valence-electron chi connectivity index (χ3n) is 6.45. The average Bonchev–Trinajstić information content (AvgIpc) is 3.28. The third-order valence-corrected chi connectivity index (χ3v) is 6.97. The Morgan fingerprint density at radius 1 is 1.30 bits per heavy atom. The summed E-state index contributed by atoms with van der Waals surface area (Å²) in [6, 6.07) is 8.67. The van der Waals surface area contributed by atoms with Crippen LogP contribution in [0.15, 0.2) is 36.4 Å². The predicted molar refractivity (Wildman–Crippen MR) is 123 cm³/mol. The molecule has 0 saturated carbocycles. The van der Waals surface area contributed by atoms with Gasteiger partial charge in [-0.25, -0.2) is 4.39 Å². The lowest BCUT2D eigenvalue weighted by molar-refractivity contribution is -0.124. The van der Waals surface area contributed by atoms with Crippen molar-refractivity contribution in [3.05, 3.63) is 63.4 Å². The Hall–Kier alpha value is -2.23. The molecule has 176 valence electrons. The van der Waals surface area contributed by atoms with E-state index in [4.69, 9.17) is 23.2 Å². The summed E-state index contributed by atoms with van der Waals surface area (Å²) in [4.78, 5) is 26.5. The van der Waals surface area contributed by atoms with Gasteiger partial charge in [-0.15, -0.1) is 0 Å². The maximum absolute atomic E-state index is 14.5. The first kappa shape index (κ1) is 23.9. The number of halogens is 3. The normalized spacial score (nSPS) is 25.6. The van der Waals surface area contributed by atoms with E-state index in [-0.39, 0.29) is 36.3 Å². The Morgan fingerprint density at radius 2 is 2.06 bits per heavy atom. The molecule has 2 aliphatic rings. The van der Waals surface area contributed by atoms with Crippen LogP contribution in [0.4, 0.5) is 10.1 Å². The number of benzene rings is 2. The molecule has 1 spiro atoms. The molecule has 4 rings (SSSR count). The second-order valence-electron chi connectivity index (χ2n) is 8.52. The first-order chi connectivity index (χ1) is 15.6. The molecule has 1 fully saturated rings. The van der Waals surface area contributed by atoms with Crippen LogP contribution in [-0.2, 0) is 15.0 Å². The number of carbonyl (C=O) groups excluding carboxylic acids is 2. The van der Waals surface area contributed by atoms with Crippen molar-refractivity contribution in [2.24, 2.45) is 0 Å². The molecule has 2 heterocycles. The molecular formula is C23H24Cl2FN3O4. The van der Waals surface area contributed by atoms with Crippen LogP contribution in [0.3, 0.4) is 0 Å². The van der Waals surface area contributed by atoms with Gasteiger partial charge in [0.1, 0.15) is 5.82 Å². The highest BCUT2D eigenvalue weighted by Crippen LogP contribution is 2.52. The molecule has 2 amide bonds. The first-order valence-corrected chi connectivity index (χ1v) is 11.3. The summed E-state index contributed by atoms with van der Waals surface area (Å²) in [5, 5.41) is 28.3. The van der Waals surface area contributed by atoms with Gasteiger partial charge in [0.05, 0.1) is 28.7 Å². The third kappa shape index (κ3) is 4.22. The van der Waals surface area contributed by atoms with Gasteiger partial charge in [0.2, 0.25) is 11.8 Å². The highest BCUT2D eigenvalue weighted by atomic mass is 35.5. The summed E-state index contributed by atoms with van der Waals surface area (Å²) in [5.41, 5.74) is 0.218. The van der Waals surface area contributed by atoms with Crippen molar-refractivity contribution in [2.75, 3.05) is 18.4 Å². The monoisotopic (exact) mass is 495 g/mol. The lowest BCUT2D eigenvalue weighted by atomic mass is 9.68. The highest BCUT2D eigenvalue weighted by Gasteiger charge is 2.60. The van der Waals surface area contributed by atoms with E-state index in [1.807, 2.05) is 0 Å². The van der Waals surface area contributed by atoms with Crippen molar-refractivity contribution in [2.45, 2.75) is 42.9 Å². The minimum Gasteiger partial charge on any atom is -0.391 e. The van der Waals surface area contributed by atoms with Gasteiger partial charge in [0, 0.05) is 29.7 Å². The van der Waals surface area contributed by atoms with E-state index >= 15 is 0 Å². The maximum atomic E-state index is 14.5. The number of carbonyl (C=O) groups is 2. The van der Waals surface area contributed by atoms with Gasteiger partial charge in [-0.05, 0) is 48.7 Å². The SMILES string of the molecule is CC(O)C(O)CCNC(=O)[C@@H]1NC[C@]2(C(=O)Nc3cc(Cl)c(F)cc32)C1c1cccc(Cl)c1. The van der Waals surface area contributed by atoms with Gasteiger partial charge in [0.15, 0.2) is 0 Å². The van der Waals surface area contributed by atoms with Crippen molar-refractivity contribution in [1.29, 1.82) is 0 Å². The standard InChI is InChI=1S/C23H24Cl2FN3O4/c1-11(30)18(31)5-6-27-21(32)20-19(12-3-2-4-13(24)7-12)23(10-28-20)14-8-16(26)15(25)9-17(14)29-22(23)33/h2-4,7-9,11,18-20,28,30-31H,5-6,10H2,1H3,(H,27,32)(H,29,33)/t11?,18?,19?,20-,23-/m1/s1. The number of hydrogen-bond acceptors (Lipinski definition) is 5. The minimum atomic E-state index is -1.26. The molecule has 2 aromatic carbocycles. The summed E-state index contributed by atoms with van der Waals surface area (Å²) >= 11 is 12.2. The zero-order valence-electron chi connectivity index (χ0n) is 17.7. The number of fused-ring (bicyclic) bond motifs is 2. The molecule has 10 heteroatoms. The van der Waals surface area contributed by atoms with Crippen LogP contribution in [0.25, 0.3) is 0 Å².